The Balaban J connectivity index is 1.91. The predicted octanol–water partition coefficient (Wildman–Crippen LogP) is 1.19. The Morgan fingerprint density at radius 3 is 2.90 bits per heavy atom. The monoisotopic (exact) mass is 285 g/mol. The van der Waals surface area contributed by atoms with Gasteiger partial charge in [0.1, 0.15) is 5.82 Å². The smallest absolute Gasteiger partial charge is 0.256 e. The lowest BCUT2D eigenvalue weighted by Crippen LogP contribution is -2.38. The zero-order chi connectivity index (χ0) is 15.0. The van der Waals surface area contributed by atoms with Crippen LogP contribution in [0.5, 0.6) is 0 Å². The van der Waals surface area contributed by atoms with E-state index in [2.05, 4.69) is 9.55 Å². The molecule has 1 aliphatic heterocycles. The van der Waals surface area contributed by atoms with E-state index in [-0.39, 0.29) is 5.91 Å². The highest BCUT2D eigenvalue weighted by molar-refractivity contribution is 6.00. The number of amides is 1. The Bertz CT molecular complexity index is 676. The second kappa shape index (κ2) is 5.12. The van der Waals surface area contributed by atoms with E-state index in [0.29, 0.717) is 24.3 Å². The van der Waals surface area contributed by atoms with Crippen molar-refractivity contribution in [2.45, 2.75) is 13.1 Å². The highest BCUT2D eigenvalue weighted by Crippen LogP contribution is 2.24. The Morgan fingerprint density at radius 2 is 2.14 bits per heavy atom. The Hall–Kier alpha value is -2.50. The molecule has 3 rings (SSSR count). The third kappa shape index (κ3) is 2.44. The fourth-order valence-electron chi connectivity index (χ4n) is 2.63. The molecule has 0 saturated carbocycles. The number of carbonyl (C=O) groups excluding carboxylic acids is 1. The van der Waals surface area contributed by atoms with Crippen LogP contribution in [0.1, 0.15) is 16.2 Å². The Kier molecular flexibility index (Phi) is 3.29. The van der Waals surface area contributed by atoms with Crippen molar-refractivity contribution in [2.75, 3.05) is 31.3 Å². The Labute approximate surface area is 123 Å². The van der Waals surface area contributed by atoms with Gasteiger partial charge in [0, 0.05) is 51.0 Å². The van der Waals surface area contributed by atoms with E-state index in [4.69, 9.17) is 5.73 Å². The van der Waals surface area contributed by atoms with Gasteiger partial charge in [-0.15, -0.1) is 0 Å². The van der Waals surface area contributed by atoms with Crippen LogP contribution in [0, 0.1) is 0 Å². The van der Waals surface area contributed by atoms with Crippen LogP contribution in [0.2, 0.25) is 0 Å². The van der Waals surface area contributed by atoms with Crippen molar-refractivity contribution in [3.63, 3.8) is 0 Å². The number of nitrogens with two attached hydrogens (primary N) is 1. The average Bonchev–Trinajstić information content (AvgIpc) is 2.93. The molecule has 0 fully saturated rings. The maximum Gasteiger partial charge on any atom is 0.256 e. The predicted molar refractivity (Wildman–Crippen MR) is 82.1 cm³/mol. The summed E-state index contributed by atoms with van der Waals surface area (Å²) in [6.07, 6.45) is 3.72. The molecule has 2 aromatic rings. The fraction of sp³-hybridized carbons (Fsp3) is 0.333. The van der Waals surface area contributed by atoms with Crippen molar-refractivity contribution in [1.82, 2.24) is 14.5 Å². The van der Waals surface area contributed by atoms with Gasteiger partial charge in [-0.05, 0) is 18.2 Å². The standard InChI is InChI=1S/C15H19N5O/c1-18(2)13-4-3-11(16)9-12(13)15(21)20-8-7-19-6-5-17-14(19)10-20/h3-6,9H,7-8,10,16H2,1-2H3. The lowest BCUT2D eigenvalue weighted by molar-refractivity contribution is 0.0708. The summed E-state index contributed by atoms with van der Waals surface area (Å²) in [5.41, 5.74) is 7.97. The molecular formula is C15H19N5O. The summed E-state index contributed by atoms with van der Waals surface area (Å²) in [6, 6.07) is 5.45. The summed E-state index contributed by atoms with van der Waals surface area (Å²) in [5, 5.41) is 0. The zero-order valence-corrected chi connectivity index (χ0v) is 12.3. The van der Waals surface area contributed by atoms with E-state index < -0.39 is 0 Å². The summed E-state index contributed by atoms with van der Waals surface area (Å²) >= 11 is 0. The summed E-state index contributed by atoms with van der Waals surface area (Å²) in [4.78, 5) is 20.9. The van der Waals surface area contributed by atoms with Crippen LogP contribution < -0.4 is 10.6 Å². The van der Waals surface area contributed by atoms with Crippen LogP contribution in [0.3, 0.4) is 0 Å². The summed E-state index contributed by atoms with van der Waals surface area (Å²) in [6.45, 7) is 2.00. The second-order valence-electron chi connectivity index (χ2n) is 5.43. The van der Waals surface area contributed by atoms with Crippen LogP contribution in [0.15, 0.2) is 30.6 Å². The largest absolute Gasteiger partial charge is 0.399 e. The van der Waals surface area contributed by atoms with Crippen LogP contribution >= 0.6 is 0 Å². The number of hydrogen-bond donors (Lipinski definition) is 1. The molecule has 0 unspecified atom stereocenters. The van der Waals surface area contributed by atoms with Crippen molar-refractivity contribution < 1.29 is 4.79 Å². The minimum absolute atomic E-state index is 0.000231. The molecule has 0 saturated heterocycles. The van der Waals surface area contributed by atoms with E-state index in [1.165, 1.54) is 0 Å². The molecule has 21 heavy (non-hydrogen) atoms. The first-order valence-electron chi connectivity index (χ1n) is 6.92. The van der Waals surface area contributed by atoms with Gasteiger partial charge in [-0.1, -0.05) is 0 Å². The van der Waals surface area contributed by atoms with E-state index in [0.717, 1.165) is 18.1 Å². The van der Waals surface area contributed by atoms with Gasteiger partial charge in [0.15, 0.2) is 0 Å². The van der Waals surface area contributed by atoms with Crippen LogP contribution in [-0.2, 0) is 13.1 Å². The molecule has 6 nitrogen and oxygen atoms in total. The van der Waals surface area contributed by atoms with E-state index in [9.17, 15) is 4.79 Å². The third-order valence-corrected chi connectivity index (χ3v) is 3.76. The number of aromatic nitrogens is 2. The molecule has 2 N–H and O–H groups in total. The topological polar surface area (TPSA) is 67.4 Å². The summed E-state index contributed by atoms with van der Waals surface area (Å²) < 4.78 is 2.08. The molecular weight excluding hydrogens is 266 g/mol. The van der Waals surface area contributed by atoms with Crippen LogP contribution in [0.4, 0.5) is 11.4 Å². The van der Waals surface area contributed by atoms with Gasteiger partial charge in [0.25, 0.3) is 5.91 Å². The quantitative estimate of drug-likeness (QED) is 0.842. The van der Waals surface area contributed by atoms with Crippen LogP contribution in [-0.4, -0.2) is 41.0 Å². The van der Waals surface area contributed by atoms with Gasteiger partial charge in [0.2, 0.25) is 0 Å². The summed E-state index contributed by atoms with van der Waals surface area (Å²) in [5.74, 6) is 0.921. The first kappa shape index (κ1) is 13.5. The average molecular weight is 285 g/mol. The van der Waals surface area contributed by atoms with Crippen molar-refractivity contribution in [3.8, 4) is 0 Å². The van der Waals surface area contributed by atoms with Crippen molar-refractivity contribution in [1.29, 1.82) is 0 Å². The SMILES string of the molecule is CN(C)c1ccc(N)cc1C(=O)N1CCn2ccnc2C1. The number of rotatable bonds is 2. The number of nitrogen functional groups attached to an aromatic ring is 1. The fourth-order valence-corrected chi connectivity index (χ4v) is 2.63. The molecule has 110 valence electrons. The van der Waals surface area contributed by atoms with E-state index in [1.807, 2.05) is 42.2 Å². The molecule has 0 bridgehead atoms. The second-order valence-corrected chi connectivity index (χ2v) is 5.43. The van der Waals surface area contributed by atoms with Gasteiger partial charge in [0.05, 0.1) is 12.1 Å². The minimum Gasteiger partial charge on any atom is -0.399 e. The number of hydrogen-bond acceptors (Lipinski definition) is 4. The first-order chi connectivity index (χ1) is 10.1. The number of imidazole rings is 1. The summed E-state index contributed by atoms with van der Waals surface area (Å²) in [7, 11) is 3.84. The van der Waals surface area contributed by atoms with Gasteiger partial charge in [-0.3, -0.25) is 4.79 Å². The maximum absolute atomic E-state index is 12.8. The molecule has 0 atom stereocenters. The molecule has 2 heterocycles. The molecule has 0 radical (unpaired) electrons. The van der Waals surface area contributed by atoms with Crippen LogP contribution in [0.25, 0.3) is 0 Å². The van der Waals surface area contributed by atoms with Gasteiger partial charge >= 0.3 is 0 Å². The van der Waals surface area contributed by atoms with Crippen molar-refractivity contribution in [3.05, 3.63) is 42.0 Å². The van der Waals surface area contributed by atoms with Gasteiger partial charge in [-0.2, -0.15) is 0 Å². The van der Waals surface area contributed by atoms with Crippen molar-refractivity contribution >= 4 is 17.3 Å². The number of anilines is 2. The number of nitrogens with zero attached hydrogens (tertiary/aromatic N) is 4. The first-order valence-corrected chi connectivity index (χ1v) is 6.92. The minimum atomic E-state index is 0.000231. The Morgan fingerprint density at radius 1 is 1.33 bits per heavy atom. The van der Waals surface area contributed by atoms with E-state index >= 15 is 0 Å². The van der Waals surface area contributed by atoms with E-state index in [1.54, 1.807) is 12.3 Å². The zero-order valence-electron chi connectivity index (χ0n) is 12.3. The normalized spacial score (nSPS) is 13.9. The number of carbonyl (C=O) groups is 1. The van der Waals surface area contributed by atoms with Gasteiger partial charge in [-0.25, -0.2) is 4.98 Å². The highest BCUT2D eigenvalue weighted by Gasteiger charge is 2.24. The maximum atomic E-state index is 12.8. The molecule has 1 aromatic carbocycles. The molecule has 6 heteroatoms. The third-order valence-electron chi connectivity index (χ3n) is 3.76. The number of fused-ring (bicyclic) bond motifs is 1. The molecule has 1 amide bonds. The lowest BCUT2D eigenvalue weighted by Gasteiger charge is -2.29. The molecule has 1 aliphatic rings. The van der Waals surface area contributed by atoms with Gasteiger partial charge < -0.3 is 20.1 Å². The molecule has 0 aliphatic carbocycles. The highest BCUT2D eigenvalue weighted by atomic mass is 16.2. The lowest BCUT2D eigenvalue weighted by atomic mass is 10.1. The van der Waals surface area contributed by atoms with Crippen molar-refractivity contribution in [2.24, 2.45) is 0 Å². The molecule has 1 aromatic heterocycles. The number of benzene rings is 1. The molecule has 0 spiro atoms.